The van der Waals surface area contributed by atoms with Crippen molar-refractivity contribution in [3.8, 4) is 11.3 Å². The van der Waals surface area contributed by atoms with Crippen molar-refractivity contribution in [3.05, 3.63) is 70.8 Å². The van der Waals surface area contributed by atoms with Crippen LogP contribution in [0.2, 0.25) is 0 Å². The molecule has 31 heavy (non-hydrogen) atoms. The third kappa shape index (κ3) is 4.46. The summed E-state index contributed by atoms with van der Waals surface area (Å²) in [6, 6.07) is 17.9. The average Bonchev–Trinajstić information content (AvgIpc) is 2.81. The van der Waals surface area contributed by atoms with Crippen molar-refractivity contribution in [1.82, 2.24) is 4.58 Å². The van der Waals surface area contributed by atoms with E-state index >= 15 is 0 Å². The fourth-order valence-electron chi connectivity index (χ4n) is 4.69. The molecule has 1 heterocycles. The minimum atomic E-state index is 0.979. The minimum Gasteiger partial charge on any atom is -0.456 e. The number of hydrogen-bond donors (Lipinski definition) is 0. The summed E-state index contributed by atoms with van der Waals surface area (Å²) in [5.74, 6) is 2.05. The molecule has 0 saturated carbocycles. The van der Waals surface area contributed by atoms with E-state index in [1.54, 1.807) is 0 Å². The van der Waals surface area contributed by atoms with Gasteiger partial charge in [0, 0.05) is 30.4 Å². The first kappa shape index (κ1) is 21.4. The van der Waals surface area contributed by atoms with E-state index < -0.39 is 0 Å². The normalized spacial score (nSPS) is 14.6. The third-order valence-corrected chi connectivity index (χ3v) is 6.51. The molecule has 0 aromatic heterocycles. The van der Waals surface area contributed by atoms with E-state index in [1.807, 2.05) is 0 Å². The molecule has 0 unspecified atom stereocenters. The maximum atomic E-state index is 6.54. The number of nitrogens with zero attached hydrogens (tertiary/aromatic N) is 2. The van der Waals surface area contributed by atoms with Gasteiger partial charge in [0.15, 0.2) is 0 Å². The van der Waals surface area contributed by atoms with Crippen LogP contribution < -0.4 is 14.8 Å². The van der Waals surface area contributed by atoms with Gasteiger partial charge >= 0.3 is 0 Å². The molecule has 3 aliphatic rings. The fourth-order valence-corrected chi connectivity index (χ4v) is 4.69. The lowest BCUT2D eigenvalue weighted by molar-refractivity contribution is 0.525. The summed E-state index contributed by atoms with van der Waals surface area (Å²) in [6.45, 7) is 12.9. The van der Waals surface area contributed by atoms with Crippen LogP contribution >= 0.6 is 0 Å². The van der Waals surface area contributed by atoms with Crippen LogP contribution in [-0.2, 0) is 6.42 Å². The highest BCUT2D eigenvalue weighted by Crippen LogP contribution is 2.37. The molecule has 3 nitrogen and oxygen atoms in total. The highest BCUT2D eigenvalue weighted by Gasteiger charge is 2.20. The number of hydrogen-bond acceptors (Lipinski definition) is 2. The van der Waals surface area contributed by atoms with Gasteiger partial charge in [0.05, 0.1) is 6.07 Å². The molecule has 162 valence electrons. The standard InChI is InChI=1S/C28H35N2O/c1-5-29(6-2)25-15-12-21(13-16-25)18-23-10-9-11-24-19-22-14-17-26(30(7-3)8-4)20-27(22)31-28(23)24/h12-20H,5-11H2,1-4H3/q+1. The van der Waals surface area contributed by atoms with Crippen molar-refractivity contribution in [2.45, 2.75) is 47.0 Å². The number of allylic oxidation sites excluding steroid dienone is 1. The second-order valence-corrected chi connectivity index (χ2v) is 8.28. The molecular weight excluding hydrogens is 380 g/mol. The van der Waals surface area contributed by atoms with Crippen LogP contribution in [0.15, 0.2) is 52.9 Å². The molecule has 0 bridgehead atoms. The Hall–Kier alpha value is -2.81. The Labute approximate surface area is 186 Å². The zero-order chi connectivity index (χ0) is 21.8. The van der Waals surface area contributed by atoms with Crippen molar-refractivity contribution in [2.24, 2.45) is 0 Å². The largest absolute Gasteiger partial charge is 0.456 e. The van der Waals surface area contributed by atoms with Crippen molar-refractivity contribution >= 4 is 17.3 Å². The Balaban J connectivity index is 1.74. The monoisotopic (exact) mass is 415 g/mol. The smallest absolute Gasteiger partial charge is 0.203 e. The number of benzene rings is 2. The molecule has 1 aromatic rings. The van der Waals surface area contributed by atoms with E-state index in [1.165, 1.54) is 39.7 Å². The minimum absolute atomic E-state index is 0.979. The van der Waals surface area contributed by atoms with Crippen LogP contribution in [0.5, 0.6) is 0 Å². The van der Waals surface area contributed by atoms with Gasteiger partial charge < -0.3 is 9.32 Å². The van der Waals surface area contributed by atoms with Crippen LogP contribution in [0.25, 0.3) is 23.0 Å². The molecule has 1 aliphatic heterocycles. The maximum Gasteiger partial charge on any atom is 0.203 e. The van der Waals surface area contributed by atoms with E-state index in [9.17, 15) is 0 Å². The maximum absolute atomic E-state index is 6.54. The summed E-state index contributed by atoms with van der Waals surface area (Å²) in [5.41, 5.74) is 6.37. The van der Waals surface area contributed by atoms with Gasteiger partial charge in [-0.1, -0.05) is 12.1 Å². The molecular formula is C28H35N2O+. The lowest BCUT2D eigenvalue weighted by Crippen LogP contribution is -2.29. The summed E-state index contributed by atoms with van der Waals surface area (Å²) in [4.78, 5) is 2.38. The quantitative estimate of drug-likeness (QED) is 0.466. The first-order chi connectivity index (χ1) is 15.2. The van der Waals surface area contributed by atoms with Crippen molar-refractivity contribution in [3.63, 3.8) is 0 Å². The second-order valence-electron chi connectivity index (χ2n) is 8.28. The van der Waals surface area contributed by atoms with Gasteiger partial charge in [0.2, 0.25) is 5.36 Å². The number of rotatable bonds is 6. The fraction of sp³-hybridized carbons (Fsp3) is 0.393. The van der Waals surface area contributed by atoms with Gasteiger partial charge in [-0.3, -0.25) is 0 Å². The van der Waals surface area contributed by atoms with Gasteiger partial charge in [-0.05, 0) is 94.0 Å². The van der Waals surface area contributed by atoms with Crippen molar-refractivity contribution in [2.75, 3.05) is 31.1 Å². The Morgan fingerprint density at radius 1 is 0.903 bits per heavy atom. The topological polar surface area (TPSA) is 19.4 Å². The van der Waals surface area contributed by atoms with Crippen molar-refractivity contribution in [1.29, 1.82) is 0 Å². The zero-order valence-electron chi connectivity index (χ0n) is 19.4. The zero-order valence-corrected chi connectivity index (χ0v) is 19.4. The summed E-state index contributed by atoms with van der Waals surface area (Å²) >= 11 is 0. The first-order valence-electron chi connectivity index (χ1n) is 11.9. The lowest BCUT2D eigenvalue weighted by Gasteiger charge is -2.21. The van der Waals surface area contributed by atoms with Crippen LogP contribution in [0.3, 0.4) is 0 Å². The highest BCUT2D eigenvalue weighted by atomic mass is 16.3. The lowest BCUT2D eigenvalue weighted by atomic mass is 9.90. The SMILES string of the molecule is CCN(CC)c1ccc(/C=C2\CCCc3cc4ccc(=[N+](CC)CC)cc-4oc32)cc1. The highest BCUT2D eigenvalue weighted by molar-refractivity contribution is 5.82. The molecule has 0 spiro atoms. The van der Waals surface area contributed by atoms with Gasteiger partial charge in [-0.15, -0.1) is 0 Å². The molecule has 3 heteroatoms. The second kappa shape index (κ2) is 9.55. The number of anilines is 1. The Kier molecular flexibility index (Phi) is 6.60. The van der Waals surface area contributed by atoms with E-state index in [2.05, 4.69) is 91.8 Å². The predicted molar refractivity (Wildman–Crippen MR) is 132 cm³/mol. The van der Waals surface area contributed by atoms with E-state index in [0.29, 0.717) is 0 Å². The first-order valence-corrected chi connectivity index (χ1v) is 11.9. The van der Waals surface area contributed by atoms with Gasteiger partial charge in [-0.2, -0.15) is 0 Å². The Morgan fingerprint density at radius 2 is 1.65 bits per heavy atom. The van der Waals surface area contributed by atoms with E-state index in [4.69, 9.17) is 4.42 Å². The van der Waals surface area contributed by atoms with Crippen LogP contribution in [0, 0.1) is 0 Å². The predicted octanol–water partition coefficient (Wildman–Crippen LogP) is 5.92. The molecule has 0 fully saturated rings. The molecule has 2 aliphatic carbocycles. The summed E-state index contributed by atoms with van der Waals surface area (Å²) in [7, 11) is 0. The van der Waals surface area contributed by atoms with Crippen LogP contribution in [-0.4, -0.2) is 26.2 Å². The number of fused-ring (bicyclic) bond motifs is 2. The third-order valence-electron chi connectivity index (χ3n) is 6.51. The van der Waals surface area contributed by atoms with Crippen LogP contribution in [0.4, 0.5) is 5.69 Å². The summed E-state index contributed by atoms with van der Waals surface area (Å²) in [5, 5.41) is 1.23. The van der Waals surface area contributed by atoms with E-state index in [-0.39, 0.29) is 0 Å². The Bertz CT molecular complexity index is 1090. The Morgan fingerprint density at radius 3 is 2.32 bits per heavy atom. The molecule has 0 atom stereocenters. The molecule has 0 saturated heterocycles. The summed E-state index contributed by atoms with van der Waals surface area (Å²) < 4.78 is 8.91. The average molecular weight is 416 g/mol. The van der Waals surface area contributed by atoms with Gasteiger partial charge in [0.1, 0.15) is 24.6 Å². The van der Waals surface area contributed by atoms with Crippen LogP contribution in [0.1, 0.15) is 57.4 Å². The molecule has 1 aromatic carbocycles. The molecule has 0 N–H and O–H groups in total. The van der Waals surface area contributed by atoms with Crippen molar-refractivity contribution < 1.29 is 4.42 Å². The molecule has 0 radical (unpaired) electrons. The van der Waals surface area contributed by atoms with Gasteiger partial charge in [0.25, 0.3) is 0 Å². The molecule has 4 rings (SSSR count). The molecule has 0 amide bonds. The van der Waals surface area contributed by atoms with Gasteiger partial charge in [-0.25, -0.2) is 4.58 Å². The summed E-state index contributed by atoms with van der Waals surface area (Å²) in [6.07, 6.45) is 5.64. The van der Waals surface area contributed by atoms with E-state index in [0.717, 1.165) is 50.5 Å². The number of aryl methyl sites for hydroxylation is 1.